The van der Waals surface area contributed by atoms with Gasteiger partial charge in [0, 0.05) is 0 Å². The Labute approximate surface area is 240 Å². The van der Waals surface area contributed by atoms with Crippen LogP contribution in [0.5, 0.6) is 0 Å². The smallest absolute Gasteiger partial charge is 0.00268 e. The van der Waals surface area contributed by atoms with E-state index in [1.165, 1.54) is 82.0 Å². The van der Waals surface area contributed by atoms with Gasteiger partial charge in [0.2, 0.25) is 0 Å². The highest BCUT2D eigenvalue weighted by Gasteiger charge is 2.13. The molecule has 0 aliphatic heterocycles. The van der Waals surface area contributed by atoms with E-state index in [-0.39, 0.29) is 0 Å². The van der Waals surface area contributed by atoms with Gasteiger partial charge in [-0.2, -0.15) is 0 Å². The van der Waals surface area contributed by atoms with Crippen LogP contribution in [0.4, 0.5) is 0 Å². The Balaban J connectivity index is 1.29. The molecule has 8 rings (SSSR count). The average molecular weight is 521 g/mol. The van der Waals surface area contributed by atoms with Gasteiger partial charge in [0.25, 0.3) is 0 Å². The predicted molar refractivity (Wildman–Crippen MR) is 178 cm³/mol. The maximum Gasteiger partial charge on any atom is -0.00268 e. The highest BCUT2D eigenvalue weighted by atomic mass is 14.2. The van der Waals surface area contributed by atoms with E-state index < -0.39 is 0 Å². The molecule has 0 heterocycles. The van der Waals surface area contributed by atoms with Crippen LogP contribution in [0.15, 0.2) is 152 Å². The summed E-state index contributed by atoms with van der Waals surface area (Å²) in [4.78, 5) is 0. The fourth-order valence-corrected chi connectivity index (χ4v) is 6.47. The lowest BCUT2D eigenvalue weighted by Crippen LogP contribution is -1.89. The van der Waals surface area contributed by atoms with E-state index in [0.29, 0.717) is 0 Å². The van der Waals surface area contributed by atoms with E-state index in [9.17, 15) is 0 Å². The van der Waals surface area contributed by atoms with E-state index in [2.05, 4.69) is 159 Å². The van der Waals surface area contributed by atoms with Crippen LogP contribution >= 0.6 is 0 Å². The summed E-state index contributed by atoms with van der Waals surface area (Å²) in [5.74, 6) is 0. The Kier molecular flexibility index (Phi) is 5.47. The SMILES string of the molecule is Cc1ccc(-c2ccc3ccccc3c2-c2ccc(-c3ccc4c5ccccc5c5ccccc5c4c3)cc2)cc1. The number of rotatable bonds is 3. The zero-order chi connectivity index (χ0) is 27.3. The van der Waals surface area contributed by atoms with E-state index in [4.69, 9.17) is 0 Å². The van der Waals surface area contributed by atoms with Crippen LogP contribution in [-0.4, -0.2) is 0 Å². The molecule has 0 spiro atoms. The monoisotopic (exact) mass is 520 g/mol. The molecule has 0 fully saturated rings. The lowest BCUT2D eigenvalue weighted by Gasteiger charge is -2.15. The van der Waals surface area contributed by atoms with E-state index in [1.807, 2.05) is 0 Å². The van der Waals surface area contributed by atoms with Gasteiger partial charge in [-0.25, -0.2) is 0 Å². The summed E-state index contributed by atoms with van der Waals surface area (Å²) in [5.41, 5.74) is 8.77. The van der Waals surface area contributed by atoms with Gasteiger partial charge < -0.3 is 0 Å². The quantitative estimate of drug-likeness (QED) is 0.203. The zero-order valence-corrected chi connectivity index (χ0v) is 22.9. The van der Waals surface area contributed by atoms with Crippen molar-refractivity contribution in [2.45, 2.75) is 6.92 Å². The van der Waals surface area contributed by atoms with Crippen LogP contribution in [-0.2, 0) is 0 Å². The molecule has 41 heavy (non-hydrogen) atoms. The van der Waals surface area contributed by atoms with Gasteiger partial charge in [-0.15, -0.1) is 0 Å². The van der Waals surface area contributed by atoms with Crippen molar-refractivity contribution in [1.29, 1.82) is 0 Å². The molecule has 0 atom stereocenters. The molecule has 192 valence electrons. The van der Waals surface area contributed by atoms with Gasteiger partial charge in [0.1, 0.15) is 0 Å². The zero-order valence-electron chi connectivity index (χ0n) is 22.9. The second kappa shape index (κ2) is 9.47. The average Bonchev–Trinajstić information content (AvgIpc) is 3.05. The van der Waals surface area contributed by atoms with Crippen molar-refractivity contribution in [2.24, 2.45) is 0 Å². The molecule has 0 saturated heterocycles. The van der Waals surface area contributed by atoms with Crippen molar-refractivity contribution in [3.8, 4) is 33.4 Å². The van der Waals surface area contributed by atoms with E-state index in [1.54, 1.807) is 0 Å². The van der Waals surface area contributed by atoms with Crippen LogP contribution in [0.3, 0.4) is 0 Å². The Morgan fingerprint density at radius 1 is 0.317 bits per heavy atom. The molecule has 8 aromatic rings. The number of hydrogen-bond acceptors (Lipinski definition) is 0. The molecule has 0 radical (unpaired) electrons. The molecule has 0 aliphatic carbocycles. The molecular weight excluding hydrogens is 492 g/mol. The minimum Gasteiger partial charge on any atom is -0.0616 e. The van der Waals surface area contributed by atoms with Crippen LogP contribution < -0.4 is 0 Å². The third-order valence-corrected chi connectivity index (χ3v) is 8.54. The lowest BCUT2D eigenvalue weighted by molar-refractivity contribution is 1.47. The van der Waals surface area contributed by atoms with Crippen LogP contribution in [0.2, 0.25) is 0 Å². The summed E-state index contributed by atoms with van der Waals surface area (Å²) in [6.07, 6.45) is 0. The first-order valence-electron chi connectivity index (χ1n) is 14.3. The standard InChI is InChI=1S/C41H28/c1-27-14-16-30(17-15-27)34-24-22-29-8-2-3-9-33(29)41(34)31-20-18-28(19-21-31)32-23-25-39-37-12-5-4-10-35(37)36-11-6-7-13-38(36)40(39)26-32/h2-26H,1H3. The third-order valence-electron chi connectivity index (χ3n) is 8.54. The molecule has 0 unspecified atom stereocenters. The van der Waals surface area contributed by atoms with Crippen LogP contribution in [0, 0.1) is 6.92 Å². The highest BCUT2D eigenvalue weighted by molar-refractivity contribution is 6.25. The second-order valence-corrected chi connectivity index (χ2v) is 11.0. The van der Waals surface area contributed by atoms with Crippen molar-refractivity contribution < 1.29 is 0 Å². The van der Waals surface area contributed by atoms with Gasteiger partial charge in [0.05, 0.1) is 0 Å². The largest absolute Gasteiger partial charge is 0.0616 e. The first-order valence-corrected chi connectivity index (χ1v) is 14.3. The van der Waals surface area contributed by atoms with Crippen molar-refractivity contribution in [3.63, 3.8) is 0 Å². The van der Waals surface area contributed by atoms with Gasteiger partial charge in [-0.1, -0.05) is 151 Å². The Bertz CT molecular complexity index is 2200. The van der Waals surface area contributed by atoms with Gasteiger partial charge in [-0.05, 0) is 89.5 Å². The molecule has 0 bridgehead atoms. The molecule has 0 heteroatoms. The fourth-order valence-electron chi connectivity index (χ4n) is 6.47. The Hall–Kier alpha value is -5.20. The maximum absolute atomic E-state index is 2.37. The molecule has 0 aromatic heterocycles. The molecule has 0 N–H and O–H groups in total. The van der Waals surface area contributed by atoms with Gasteiger partial charge >= 0.3 is 0 Å². The molecular formula is C41H28. The Morgan fingerprint density at radius 3 is 1.46 bits per heavy atom. The van der Waals surface area contributed by atoms with Crippen molar-refractivity contribution in [2.75, 3.05) is 0 Å². The maximum atomic E-state index is 2.37. The lowest BCUT2D eigenvalue weighted by atomic mass is 9.88. The van der Waals surface area contributed by atoms with E-state index in [0.717, 1.165) is 0 Å². The topological polar surface area (TPSA) is 0 Å². The number of fused-ring (bicyclic) bond motifs is 7. The first-order chi connectivity index (χ1) is 20.2. The van der Waals surface area contributed by atoms with Crippen molar-refractivity contribution in [1.82, 2.24) is 0 Å². The summed E-state index contributed by atoms with van der Waals surface area (Å²) in [5, 5.41) is 10.4. The first kappa shape index (κ1) is 23.7. The molecule has 0 nitrogen and oxygen atoms in total. The molecule has 0 aliphatic rings. The summed E-state index contributed by atoms with van der Waals surface area (Å²) in [6.45, 7) is 2.14. The molecule has 0 saturated carbocycles. The summed E-state index contributed by atoms with van der Waals surface area (Å²) < 4.78 is 0. The Morgan fingerprint density at radius 2 is 0.805 bits per heavy atom. The summed E-state index contributed by atoms with van der Waals surface area (Å²) in [7, 11) is 0. The van der Waals surface area contributed by atoms with Gasteiger partial charge in [0.15, 0.2) is 0 Å². The van der Waals surface area contributed by atoms with Crippen LogP contribution in [0.25, 0.3) is 76.5 Å². The number of benzene rings is 8. The highest BCUT2D eigenvalue weighted by Crippen LogP contribution is 2.40. The van der Waals surface area contributed by atoms with Gasteiger partial charge in [-0.3, -0.25) is 0 Å². The minimum absolute atomic E-state index is 1.23. The normalized spacial score (nSPS) is 11.5. The second-order valence-electron chi connectivity index (χ2n) is 11.0. The van der Waals surface area contributed by atoms with Crippen LogP contribution in [0.1, 0.15) is 5.56 Å². The minimum atomic E-state index is 1.23. The van der Waals surface area contributed by atoms with Crippen molar-refractivity contribution in [3.05, 3.63) is 157 Å². The molecule has 8 aromatic carbocycles. The number of hydrogen-bond donors (Lipinski definition) is 0. The number of aryl methyl sites for hydroxylation is 1. The summed E-state index contributed by atoms with van der Waals surface area (Å²) >= 11 is 0. The molecule has 0 amide bonds. The third kappa shape index (κ3) is 3.91. The van der Waals surface area contributed by atoms with E-state index >= 15 is 0 Å². The van der Waals surface area contributed by atoms with Crippen molar-refractivity contribution >= 4 is 43.1 Å². The summed E-state index contributed by atoms with van der Waals surface area (Å²) in [6, 6.07) is 55.7. The fraction of sp³-hybridized carbons (Fsp3) is 0.0244. The predicted octanol–water partition coefficient (Wildman–Crippen LogP) is 11.6.